The molecule has 86 valence electrons. The van der Waals surface area contributed by atoms with Gasteiger partial charge in [0, 0.05) is 0 Å². The second kappa shape index (κ2) is 5.75. The van der Waals surface area contributed by atoms with Crippen molar-refractivity contribution < 1.29 is 5.11 Å². The molecule has 0 atom stereocenters. The molecule has 0 heterocycles. The fraction of sp³-hybridized carbons (Fsp3) is 1.00. The molecule has 1 nitrogen and oxygen atoms in total. The molecule has 0 aliphatic rings. The van der Waals surface area contributed by atoms with E-state index >= 15 is 0 Å². The van der Waals surface area contributed by atoms with Crippen LogP contribution in [0.25, 0.3) is 0 Å². The van der Waals surface area contributed by atoms with Gasteiger partial charge in [0.25, 0.3) is 0 Å². The fourth-order valence-electron chi connectivity index (χ4n) is 2.25. The van der Waals surface area contributed by atoms with Crippen molar-refractivity contribution >= 4 is 0 Å². The van der Waals surface area contributed by atoms with Crippen LogP contribution in [0, 0.1) is 5.41 Å². The van der Waals surface area contributed by atoms with E-state index in [1.807, 2.05) is 0 Å². The summed E-state index contributed by atoms with van der Waals surface area (Å²) in [6.45, 7) is 11.0. The first kappa shape index (κ1) is 14.0. The Morgan fingerprint density at radius 2 is 1.36 bits per heavy atom. The standard InChI is InChI=1S/C13H28O/c1-6-9-13(14,10-7-2)11-12(4,5)8-3/h14H,6-11H2,1-5H3. The number of rotatable bonds is 7. The second-order valence-electron chi connectivity index (χ2n) is 5.42. The van der Waals surface area contributed by atoms with Gasteiger partial charge in [0.2, 0.25) is 0 Å². The molecule has 0 rings (SSSR count). The van der Waals surface area contributed by atoms with Gasteiger partial charge in [-0.05, 0) is 24.7 Å². The molecule has 0 fully saturated rings. The molecule has 0 aromatic heterocycles. The minimum atomic E-state index is -0.414. The molecule has 0 aromatic carbocycles. The lowest BCUT2D eigenvalue weighted by molar-refractivity contribution is -0.0192. The Balaban J connectivity index is 4.34. The molecule has 1 heteroatoms. The zero-order chi connectivity index (χ0) is 11.2. The molecule has 0 aliphatic carbocycles. The van der Waals surface area contributed by atoms with Crippen LogP contribution in [0.1, 0.15) is 73.1 Å². The highest BCUT2D eigenvalue weighted by atomic mass is 16.3. The summed E-state index contributed by atoms with van der Waals surface area (Å²) in [5.41, 5.74) is -0.137. The first-order chi connectivity index (χ1) is 6.39. The third-order valence-corrected chi connectivity index (χ3v) is 3.20. The fourth-order valence-corrected chi connectivity index (χ4v) is 2.25. The molecule has 0 saturated carbocycles. The quantitative estimate of drug-likeness (QED) is 0.654. The average Bonchev–Trinajstić information content (AvgIpc) is 2.03. The number of hydrogen-bond acceptors (Lipinski definition) is 1. The maximum Gasteiger partial charge on any atom is 0.0652 e. The van der Waals surface area contributed by atoms with Gasteiger partial charge in [-0.1, -0.05) is 53.9 Å². The highest BCUT2D eigenvalue weighted by Crippen LogP contribution is 2.36. The maximum absolute atomic E-state index is 10.5. The molecular formula is C13H28O. The van der Waals surface area contributed by atoms with Crippen molar-refractivity contribution in [3.8, 4) is 0 Å². The van der Waals surface area contributed by atoms with Gasteiger partial charge < -0.3 is 5.11 Å². The van der Waals surface area contributed by atoms with Crippen LogP contribution in [-0.2, 0) is 0 Å². The van der Waals surface area contributed by atoms with Gasteiger partial charge in [0.05, 0.1) is 5.60 Å². The van der Waals surface area contributed by atoms with Gasteiger partial charge in [-0.3, -0.25) is 0 Å². The van der Waals surface area contributed by atoms with Gasteiger partial charge in [0.15, 0.2) is 0 Å². The lowest BCUT2D eigenvalue weighted by atomic mass is 9.75. The van der Waals surface area contributed by atoms with Crippen LogP contribution in [0.15, 0.2) is 0 Å². The van der Waals surface area contributed by atoms with Gasteiger partial charge in [-0.2, -0.15) is 0 Å². The lowest BCUT2D eigenvalue weighted by Crippen LogP contribution is -2.34. The van der Waals surface area contributed by atoms with Crippen molar-refractivity contribution in [1.29, 1.82) is 0 Å². The van der Waals surface area contributed by atoms with E-state index in [-0.39, 0.29) is 5.41 Å². The maximum atomic E-state index is 10.5. The van der Waals surface area contributed by atoms with Gasteiger partial charge in [0.1, 0.15) is 0 Å². The SMILES string of the molecule is CCCC(O)(CCC)CC(C)(C)CC. The molecule has 0 spiro atoms. The van der Waals surface area contributed by atoms with Crippen LogP contribution in [0.3, 0.4) is 0 Å². The predicted octanol–water partition coefficient (Wildman–Crippen LogP) is 4.14. The smallest absolute Gasteiger partial charge is 0.0652 e. The van der Waals surface area contributed by atoms with Crippen LogP contribution in [0.4, 0.5) is 0 Å². The molecule has 0 unspecified atom stereocenters. The summed E-state index contributed by atoms with van der Waals surface area (Å²) in [5, 5.41) is 10.5. The summed E-state index contributed by atoms with van der Waals surface area (Å²) in [7, 11) is 0. The predicted molar refractivity (Wildman–Crippen MR) is 63.5 cm³/mol. The van der Waals surface area contributed by atoms with Crippen LogP contribution in [0.2, 0.25) is 0 Å². The van der Waals surface area contributed by atoms with Gasteiger partial charge in [-0.15, -0.1) is 0 Å². The van der Waals surface area contributed by atoms with Crippen LogP contribution in [0.5, 0.6) is 0 Å². The van der Waals surface area contributed by atoms with E-state index in [9.17, 15) is 5.11 Å². The molecule has 0 saturated heterocycles. The molecule has 0 radical (unpaired) electrons. The van der Waals surface area contributed by atoms with Crippen molar-refractivity contribution in [2.24, 2.45) is 5.41 Å². The zero-order valence-corrected chi connectivity index (χ0v) is 10.7. The second-order valence-corrected chi connectivity index (χ2v) is 5.42. The van der Waals surface area contributed by atoms with E-state index in [4.69, 9.17) is 0 Å². The van der Waals surface area contributed by atoms with E-state index in [1.54, 1.807) is 0 Å². The largest absolute Gasteiger partial charge is 0.390 e. The minimum Gasteiger partial charge on any atom is -0.390 e. The lowest BCUT2D eigenvalue weighted by Gasteiger charge is -2.36. The Labute approximate surface area is 89.9 Å². The normalized spacial score (nSPS) is 13.3. The number of aliphatic hydroxyl groups is 1. The van der Waals surface area contributed by atoms with Gasteiger partial charge in [-0.25, -0.2) is 0 Å². The summed E-state index contributed by atoms with van der Waals surface area (Å²) in [4.78, 5) is 0. The molecule has 0 aromatic rings. The van der Waals surface area contributed by atoms with E-state index < -0.39 is 5.60 Å². The zero-order valence-electron chi connectivity index (χ0n) is 10.7. The summed E-state index contributed by atoms with van der Waals surface area (Å²) in [6.07, 6.45) is 6.14. The Kier molecular flexibility index (Phi) is 5.73. The van der Waals surface area contributed by atoms with Crippen LogP contribution in [-0.4, -0.2) is 10.7 Å². The highest BCUT2D eigenvalue weighted by molar-refractivity contribution is 4.84. The summed E-state index contributed by atoms with van der Waals surface area (Å²) < 4.78 is 0. The van der Waals surface area contributed by atoms with Crippen molar-refractivity contribution in [2.75, 3.05) is 0 Å². The molecular weight excluding hydrogens is 172 g/mol. The third-order valence-electron chi connectivity index (χ3n) is 3.20. The van der Waals surface area contributed by atoms with E-state index in [2.05, 4.69) is 34.6 Å². The van der Waals surface area contributed by atoms with Crippen LogP contribution >= 0.6 is 0 Å². The first-order valence-corrected chi connectivity index (χ1v) is 6.11. The van der Waals surface area contributed by atoms with E-state index in [1.165, 1.54) is 0 Å². The Bertz CT molecular complexity index is 143. The Morgan fingerprint density at radius 1 is 0.929 bits per heavy atom. The van der Waals surface area contributed by atoms with Crippen molar-refractivity contribution in [1.82, 2.24) is 0 Å². The molecule has 1 N–H and O–H groups in total. The monoisotopic (exact) mass is 200 g/mol. The molecule has 14 heavy (non-hydrogen) atoms. The average molecular weight is 200 g/mol. The van der Waals surface area contributed by atoms with E-state index in [0.29, 0.717) is 0 Å². The van der Waals surface area contributed by atoms with Gasteiger partial charge >= 0.3 is 0 Å². The first-order valence-electron chi connectivity index (χ1n) is 6.11. The molecule has 0 bridgehead atoms. The number of hydrogen-bond donors (Lipinski definition) is 1. The van der Waals surface area contributed by atoms with Crippen molar-refractivity contribution in [3.63, 3.8) is 0 Å². The Morgan fingerprint density at radius 3 is 1.64 bits per heavy atom. The summed E-state index contributed by atoms with van der Waals surface area (Å²) in [5.74, 6) is 0. The topological polar surface area (TPSA) is 20.2 Å². The highest BCUT2D eigenvalue weighted by Gasteiger charge is 2.31. The van der Waals surface area contributed by atoms with E-state index in [0.717, 1.165) is 38.5 Å². The molecule has 0 amide bonds. The summed E-state index contributed by atoms with van der Waals surface area (Å²) >= 11 is 0. The third kappa shape index (κ3) is 4.99. The van der Waals surface area contributed by atoms with Crippen molar-refractivity contribution in [2.45, 2.75) is 78.7 Å². The van der Waals surface area contributed by atoms with Crippen LogP contribution < -0.4 is 0 Å². The summed E-state index contributed by atoms with van der Waals surface area (Å²) in [6, 6.07) is 0. The minimum absolute atomic E-state index is 0.277. The Hall–Kier alpha value is -0.0400. The molecule has 0 aliphatic heterocycles. The van der Waals surface area contributed by atoms with Crippen molar-refractivity contribution in [3.05, 3.63) is 0 Å².